The first-order valence-corrected chi connectivity index (χ1v) is 17.2. The summed E-state index contributed by atoms with van der Waals surface area (Å²) in [6.45, 7) is 4.05. The van der Waals surface area contributed by atoms with Crippen molar-refractivity contribution in [3.05, 3.63) is 70.2 Å². The molecule has 2 heterocycles. The molecule has 0 unspecified atom stereocenters. The zero-order chi connectivity index (χ0) is 35.0. The van der Waals surface area contributed by atoms with Gasteiger partial charge in [0.25, 0.3) is 0 Å². The number of nitrogens with zero attached hydrogens (tertiary/aromatic N) is 4. The van der Waals surface area contributed by atoms with E-state index in [1.165, 1.54) is 44.8 Å². The largest absolute Gasteiger partial charge is 0.416 e. The lowest BCUT2D eigenvalue weighted by Gasteiger charge is -2.14. The van der Waals surface area contributed by atoms with Gasteiger partial charge in [0, 0.05) is 32.1 Å². The van der Waals surface area contributed by atoms with E-state index in [9.17, 15) is 48.0 Å². The first kappa shape index (κ1) is 42.5. The molecular weight excluding hydrogens is 754 g/mol. The smallest absolute Gasteiger partial charge is 0.325 e. The Kier molecular flexibility index (Phi) is 13.6. The molecule has 0 radical (unpaired) electrons. The molecule has 2 aromatic carbocycles. The van der Waals surface area contributed by atoms with Gasteiger partial charge in [-0.05, 0) is 52.3 Å². The van der Waals surface area contributed by atoms with Gasteiger partial charge in [-0.3, -0.25) is 4.79 Å². The molecule has 48 heavy (non-hydrogen) atoms. The lowest BCUT2D eigenvalue weighted by molar-refractivity contribution is -0.138. The predicted molar refractivity (Wildman–Crippen MR) is 174 cm³/mol. The fourth-order valence-electron chi connectivity index (χ4n) is 4.22. The highest BCUT2D eigenvalue weighted by Crippen LogP contribution is 2.37. The normalized spacial score (nSPS) is 12.0. The molecule has 4 aromatic rings. The summed E-state index contributed by atoms with van der Waals surface area (Å²) in [6.07, 6.45) is -6.56. The van der Waals surface area contributed by atoms with Crippen LogP contribution in [0.15, 0.2) is 63.2 Å². The number of alkyl halides is 6. The van der Waals surface area contributed by atoms with Crippen LogP contribution in [-0.4, -0.2) is 53.2 Å². The van der Waals surface area contributed by atoms with Crippen LogP contribution in [0.3, 0.4) is 0 Å². The maximum absolute atomic E-state index is 12.9. The van der Waals surface area contributed by atoms with Crippen LogP contribution < -0.4 is 0 Å². The van der Waals surface area contributed by atoms with Crippen molar-refractivity contribution >= 4 is 41.4 Å². The van der Waals surface area contributed by atoms with Crippen LogP contribution in [0.5, 0.6) is 0 Å². The number of rotatable bonds is 7. The van der Waals surface area contributed by atoms with Gasteiger partial charge in [-0.1, -0.05) is 28.7 Å². The van der Waals surface area contributed by atoms with E-state index in [0.29, 0.717) is 16.7 Å². The van der Waals surface area contributed by atoms with Crippen LogP contribution in [0.4, 0.5) is 26.3 Å². The molecule has 4 rings (SSSR count). The molecule has 0 fully saturated rings. The number of halogens is 7. The van der Waals surface area contributed by atoms with Crippen LogP contribution in [-0.2, 0) is 46.1 Å². The third-order valence-corrected chi connectivity index (χ3v) is 11.1. The number of hydrogen-bond acceptors (Lipinski definition) is 7. The molecule has 2 aromatic heterocycles. The van der Waals surface area contributed by atoms with E-state index in [4.69, 9.17) is 0 Å². The van der Waals surface area contributed by atoms with Crippen LogP contribution in [0.2, 0.25) is 0 Å². The van der Waals surface area contributed by atoms with Gasteiger partial charge in [-0.2, -0.15) is 26.3 Å². The van der Waals surface area contributed by atoms with Gasteiger partial charge in [-0.15, -0.1) is 0 Å². The number of imidazole rings is 2. The van der Waals surface area contributed by atoms with E-state index in [1.807, 2.05) is 0 Å². The number of Topliss-reactive ketones (excluding diaryl/α,β-unsaturated/α-hetero) is 1. The number of sulfone groups is 2. The molecule has 0 aliphatic carbocycles. The molecule has 0 bridgehead atoms. The maximum Gasteiger partial charge on any atom is 0.416 e. The van der Waals surface area contributed by atoms with E-state index in [2.05, 4.69) is 25.9 Å². The van der Waals surface area contributed by atoms with E-state index in [-0.39, 0.29) is 65.5 Å². The Morgan fingerprint density at radius 3 is 1.40 bits per heavy atom. The molecule has 0 amide bonds. The zero-order valence-corrected chi connectivity index (χ0v) is 28.0. The quantitative estimate of drug-likeness (QED) is 0.137. The van der Waals surface area contributed by atoms with Crippen molar-refractivity contribution in [2.45, 2.75) is 57.8 Å². The third kappa shape index (κ3) is 8.93. The second-order valence-electron chi connectivity index (χ2n) is 9.77. The highest BCUT2D eigenvalue weighted by molar-refractivity contribution is 9.10. The highest BCUT2D eigenvalue weighted by Gasteiger charge is 2.34. The summed E-state index contributed by atoms with van der Waals surface area (Å²) in [5.74, 6) is -0.560. The topological polar surface area (TPSA) is 121 Å². The molecule has 9 nitrogen and oxygen atoms in total. The number of hydrogen-bond donors (Lipinski definition) is 0. The number of aromatic nitrogens is 4. The summed E-state index contributed by atoms with van der Waals surface area (Å²) in [6, 6.07) is 5.13. The van der Waals surface area contributed by atoms with Crippen molar-refractivity contribution in [2.75, 3.05) is 11.5 Å². The van der Waals surface area contributed by atoms with Gasteiger partial charge in [-0.25, -0.2) is 26.8 Å². The molecule has 0 spiro atoms. The van der Waals surface area contributed by atoms with Gasteiger partial charge in [0.1, 0.15) is 21.9 Å². The van der Waals surface area contributed by atoms with Crippen molar-refractivity contribution in [3.8, 4) is 22.8 Å². The molecular formula is C30H35BrF6N4O5S2. The van der Waals surface area contributed by atoms with Gasteiger partial charge in [0.05, 0.1) is 44.8 Å². The first-order valence-electron chi connectivity index (χ1n) is 13.1. The SMILES string of the molecule is C.C.CCS(=O)(=O)c1cc(C(F)(F)F)ccc1-c1ncc(Br)n1C.CCS(=O)(=O)c1cc(C(F)(F)F)ccc1-c1ncc(C(C)=O)n1C. The molecule has 266 valence electrons. The summed E-state index contributed by atoms with van der Waals surface area (Å²) < 4.78 is 130. The summed E-state index contributed by atoms with van der Waals surface area (Å²) >= 11 is 3.22. The van der Waals surface area contributed by atoms with Crippen molar-refractivity contribution in [3.63, 3.8) is 0 Å². The molecule has 0 aliphatic heterocycles. The third-order valence-electron chi connectivity index (χ3n) is 6.81. The van der Waals surface area contributed by atoms with Crippen molar-refractivity contribution in [2.24, 2.45) is 14.1 Å². The molecule has 0 atom stereocenters. The van der Waals surface area contributed by atoms with E-state index in [1.54, 1.807) is 11.6 Å². The molecule has 0 N–H and O–H groups in total. The van der Waals surface area contributed by atoms with Gasteiger partial charge < -0.3 is 9.13 Å². The van der Waals surface area contributed by atoms with Crippen LogP contribution >= 0.6 is 15.9 Å². The minimum Gasteiger partial charge on any atom is -0.325 e. The van der Waals surface area contributed by atoms with Gasteiger partial charge >= 0.3 is 12.4 Å². The average Bonchev–Trinajstić information content (AvgIpc) is 3.52. The summed E-state index contributed by atoms with van der Waals surface area (Å²) in [5, 5.41) is 0. The van der Waals surface area contributed by atoms with Crippen molar-refractivity contribution in [1.82, 2.24) is 19.1 Å². The van der Waals surface area contributed by atoms with Gasteiger partial charge in [0.2, 0.25) is 0 Å². The minimum absolute atomic E-state index is 0. The maximum atomic E-state index is 12.9. The van der Waals surface area contributed by atoms with Crippen LogP contribution in [0.25, 0.3) is 22.8 Å². The van der Waals surface area contributed by atoms with Crippen LogP contribution in [0, 0.1) is 0 Å². The van der Waals surface area contributed by atoms with E-state index in [0.717, 1.165) is 24.3 Å². The lowest BCUT2D eigenvalue weighted by atomic mass is 10.1. The fraction of sp³-hybridized carbons (Fsp3) is 0.367. The highest BCUT2D eigenvalue weighted by atomic mass is 79.9. The lowest BCUT2D eigenvalue weighted by Crippen LogP contribution is -2.12. The van der Waals surface area contributed by atoms with E-state index < -0.39 is 48.0 Å². The average molecular weight is 790 g/mol. The summed E-state index contributed by atoms with van der Waals surface area (Å²) in [7, 11) is -4.63. The number of benzene rings is 2. The molecule has 18 heteroatoms. The Hall–Kier alpha value is -3.51. The summed E-state index contributed by atoms with van der Waals surface area (Å²) in [5.41, 5.74) is -1.66. The Morgan fingerprint density at radius 2 is 1.10 bits per heavy atom. The summed E-state index contributed by atoms with van der Waals surface area (Å²) in [4.78, 5) is 18.7. The first-order chi connectivity index (χ1) is 21.1. The van der Waals surface area contributed by atoms with Gasteiger partial charge in [0.15, 0.2) is 25.5 Å². The molecule has 0 aliphatic rings. The predicted octanol–water partition coefficient (Wildman–Crippen LogP) is 8.04. The Labute approximate surface area is 284 Å². The number of ketones is 1. The number of carbonyl (C=O) groups is 1. The molecule has 0 saturated heterocycles. The minimum atomic E-state index is -4.66. The molecule has 0 saturated carbocycles. The van der Waals surface area contributed by atoms with E-state index >= 15 is 0 Å². The Bertz CT molecular complexity index is 2000. The fourth-order valence-corrected chi connectivity index (χ4v) is 6.71. The monoisotopic (exact) mass is 788 g/mol. The second kappa shape index (κ2) is 15.4. The Balaban J connectivity index is 0.000000462. The van der Waals surface area contributed by atoms with Crippen molar-refractivity contribution in [1.29, 1.82) is 0 Å². The zero-order valence-electron chi connectivity index (χ0n) is 24.8. The standard InChI is InChI=1S/C15H15F3N2O3S.C13H12BrF3N2O2S.2CH4/c1-4-24(22,23)13-7-10(15(16,17)18)5-6-11(13)14-19-8-12(9(2)21)20(14)3;1-3-22(20,21)10-6-8(13(15,16)17)4-5-9(10)12-18-7-11(14)19(12)2;;/h5-8H,4H2,1-3H3;4-7H,3H2,1-2H3;2*1H4. The second-order valence-corrected chi connectivity index (χ2v) is 15.1. The number of carbonyl (C=O) groups excluding carboxylic acids is 1. The van der Waals surface area contributed by atoms with Crippen LogP contribution in [0.1, 0.15) is 57.2 Å². The Morgan fingerprint density at radius 1 is 0.729 bits per heavy atom. The van der Waals surface area contributed by atoms with Crippen molar-refractivity contribution < 1.29 is 48.0 Å².